The molecule has 0 aliphatic heterocycles. The lowest BCUT2D eigenvalue weighted by Crippen LogP contribution is -2.12. The molecule has 0 atom stereocenters. The van der Waals surface area contributed by atoms with Crippen molar-refractivity contribution in [1.29, 1.82) is 0 Å². The van der Waals surface area contributed by atoms with Crippen LogP contribution in [-0.2, 0) is 12.4 Å². The lowest BCUT2D eigenvalue weighted by atomic mass is 9.98. The minimum Gasteiger partial charge on any atom is -0.309 e. The molecular weight excluding hydrogens is 767 g/mol. The van der Waals surface area contributed by atoms with Gasteiger partial charge in [-0.15, -0.1) is 0 Å². The van der Waals surface area contributed by atoms with E-state index in [9.17, 15) is 0 Å². The van der Waals surface area contributed by atoms with E-state index in [1.165, 1.54) is 24.3 Å². The van der Waals surface area contributed by atoms with E-state index in [0.29, 0.717) is 33.2 Å². The molecule has 0 amide bonds. The molecule has 294 valence electrons. The van der Waals surface area contributed by atoms with Gasteiger partial charge in [-0.3, -0.25) is 0 Å². The van der Waals surface area contributed by atoms with Gasteiger partial charge in [-0.05, 0) is 108 Å². The minimum absolute atomic E-state index is 0.128. The average Bonchev–Trinajstić information content (AvgIpc) is 3.75. The summed E-state index contributed by atoms with van der Waals surface area (Å²) in [4.78, 5) is 0. The molecule has 8 heteroatoms. The predicted octanol–water partition coefficient (Wildman–Crippen LogP) is 15.5. The van der Waals surface area contributed by atoms with Gasteiger partial charge in [-0.2, -0.15) is 26.3 Å². The fraction of sp³-hybridized carbons (Fsp3) is 0.0769. The first-order chi connectivity index (χ1) is 28.8. The normalized spacial score (nSPS) is 12.3. The zero-order chi connectivity index (χ0) is 41.5. The second kappa shape index (κ2) is 13.8. The smallest absolute Gasteiger partial charge is 0.309 e. The number of nitrogens with zero attached hydrogens (tertiary/aromatic N) is 2. The van der Waals surface area contributed by atoms with Gasteiger partial charge in [0.05, 0.1) is 44.6 Å². The molecule has 0 bridgehead atoms. The summed E-state index contributed by atoms with van der Waals surface area (Å²) in [5.41, 5.74) is 6.93. The SMILES string of the molecule is Cc1cccc(-c2ccc3c(c2)c2ccccc2n3-c2cc(-c3ccc(C(F)(F)F)c(-n4c5ccccc5c5cc(-c6cccc(C)c6)ccc54)c3)ccc2C(F)(F)F)c1. The van der Waals surface area contributed by atoms with Gasteiger partial charge in [-0.25, -0.2) is 0 Å². The van der Waals surface area contributed by atoms with Crippen molar-refractivity contribution >= 4 is 43.6 Å². The molecule has 8 aromatic carbocycles. The van der Waals surface area contributed by atoms with Crippen molar-refractivity contribution in [3.8, 4) is 44.8 Å². The number of alkyl halides is 6. The van der Waals surface area contributed by atoms with Crippen molar-refractivity contribution in [3.05, 3.63) is 192 Å². The third-order valence-electron chi connectivity index (χ3n) is 11.5. The van der Waals surface area contributed by atoms with Gasteiger partial charge in [0.25, 0.3) is 0 Å². The Hall–Kier alpha value is -7.06. The number of halogens is 6. The topological polar surface area (TPSA) is 9.86 Å². The lowest BCUT2D eigenvalue weighted by molar-refractivity contribution is -0.138. The van der Waals surface area contributed by atoms with Gasteiger partial charge in [0.15, 0.2) is 0 Å². The van der Waals surface area contributed by atoms with Crippen molar-refractivity contribution in [2.45, 2.75) is 26.2 Å². The summed E-state index contributed by atoms with van der Waals surface area (Å²) in [5.74, 6) is 0. The van der Waals surface area contributed by atoms with Gasteiger partial charge < -0.3 is 9.13 Å². The highest BCUT2D eigenvalue weighted by Gasteiger charge is 2.37. The number of fused-ring (bicyclic) bond motifs is 6. The highest BCUT2D eigenvalue weighted by atomic mass is 19.4. The maximum absolute atomic E-state index is 15.0. The second-order valence-corrected chi connectivity index (χ2v) is 15.4. The van der Waals surface area contributed by atoms with Crippen LogP contribution >= 0.6 is 0 Å². The molecule has 2 aromatic heterocycles. The highest BCUT2D eigenvalue weighted by Crippen LogP contribution is 2.44. The first kappa shape index (κ1) is 37.2. The van der Waals surface area contributed by atoms with Gasteiger partial charge in [-0.1, -0.05) is 120 Å². The molecule has 10 aromatic rings. The molecule has 0 spiro atoms. The molecule has 2 nitrogen and oxygen atoms in total. The summed E-state index contributed by atoms with van der Waals surface area (Å²) in [5, 5.41) is 3.09. The molecular formula is C52H34F6N2. The van der Waals surface area contributed by atoms with Crippen molar-refractivity contribution in [1.82, 2.24) is 9.13 Å². The zero-order valence-corrected chi connectivity index (χ0v) is 32.3. The predicted molar refractivity (Wildman–Crippen MR) is 231 cm³/mol. The van der Waals surface area contributed by atoms with Crippen LogP contribution in [0.3, 0.4) is 0 Å². The molecule has 0 aliphatic carbocycles. The van der Waals surface area contributed by atoms with Crippen molar-refractivity contribution in [2.75, 3.05) is 0 Å². The number of aryl methyl sites for hydroxylation is 2. The maximum Gasteiger partial charge on any atom is 0.418 e. The summed E-state index contributed by atoms with van der Waals surface area (Å²) in [6.45, 7) is 4.01. The molecule has 0 unspecified atom stereocenters. The maximum atomic E-state index is 15.0. The van der Waals surface area contributed by atoms with Crippen LogP contribution in [0.25, 0.3) is 88.4 Å². The largest absolute Gasteiger partial charge is 0.418 e. The van der Waals surface area contributed by atoms with E-state index in [4.69, 9.17) is 0 Å². The van der Waals surface area contributed by atoms with E-state index in [-0.39, 0.29) is 11.4 Å². The molecule has 0 radical (unpaired) electrons. The number of hydrogen-bond acceptors (Lipinski definition) is 0. The fourth-order valence-electron chi connectivity index (χ4n) is 8.75. The second-order valence-electron chi connectivity index (χ2n) is 15.4. The minimum atomic E-state index is -4.74. The van der Waals surface area contributed by atoms with Crippen LogP contribution in [0.5, 0.6) is 0 Å². The monoisotopic (exact) mass is 800 g/mol. The Labute approximate surface area is 341 Å². The quantitative estimate of drug-likeness (QED) is 0.153. The first-order valence-electron chi connectivity index (χ1n) is 19.5. The molecule has 10 rings (SSSR count). The number of hydrogen-bond donors (Lipinski definition) is 0. The third kappa shape index (κ3) is 6.22. The van der Waals surface area contributed by atoms with E-state index < -0.39 is 23.5 Å². The van der Waals surface area contributed by atoms with E-state index >= 15 is 26.3 Å². The van der Waals surface area contributed by atoms with Gasteiger partial charge in [0, 0.05) is 21.5 Å². The third-order valence-corrected chi connectivity index (χ3v) is 11.5. The van der Waals surface area contributed by atoms with Gasteiger partial charge >= 0.3 is 12.4 Å². The molecule has 0 saturated carbocycles. The Morgan fingerprint density at radius 1 is 0.317 bits per heavy atom. The van der Waals surface area contributed by atoms with Crippen molar-refractivity contribution in [3.63, 3.8) is 0 Å². The number of rotatable bonds is 5. The van der Waals surface area contributed by atoms with Crippen LogP contribution in [-0.4, -0.2) is 9.13 Å². The van der Waals surface area contributed by atoms with Crippen LogP contribution in [0.2, 0.25) is 0 Å². The number of benzene rings is 8. The molecule has 2 heterocycles. The molecule has 0 aliphatic rings. The summed E-state index contributed by atoms with van der Waals surface area (Å²) in [6.07, 6.45) is -9.47. The summed E-state index contributed by atoms with van der Waals surface area (Å²) >= 11 is 0. The standard InChI is InChI=1S/C52H34F6N2/c1-31-9-7-11-33(25-31)35-19-23-47-41(27-35)39-13-3-5-15-45(39)59(47)49-29-37(17-21-43(49)51(53,54)55)38-18-22-44(52(56,57)58)50(30-38)60-46-16-6-4-14-40(46)42-28-36(20-24-48(42)60)34-12-8-10-32(2)26-34/h3-30H,1-2H3. The molecule has 0 fully saturated rings. The Morgan fingerprint density at radius 2 is 0.667 bits per heavy atom. The highest BCUT2D eigenvalue weighted by molar-refractivity contribution is 6.12. The summed E-state index contributed by atoms with van der Waals surface area (Å²) < 4.78 is 93.5. The zero-order valence-electron chi connectivity index (χ0n) is 32.3. The van der Waals surface area contributed by atoms with E-state index in [0.717, 1.165) is 67.1 Å². The Balaban J connectivity index is 1.19. The van der Waals surface area contributed by atoms with E-state index in [1.54, 1.807) is 33.4 Å². The average molecular weight is 801 g/mol. The summed E-state index contributed by atoms with van der Waals surface area (Å²) in [7, 11) is 0. The number of aromatic nitrogens is 2. The Morgan fingerprint density at radius 3 is 1.07 bits per heavy atom. The molecule has 0 saturated heterocycles. The first-order valence-corrected chi connectivity index (χ1v) is 19.5. The van der Waals surface area contributed by atoms with Gasteiger partial charge in [0.2, 0.25) is 0 Å². The van der Waals surface area contributed by atoms with Crippen molar-refractivity contribution in [2.24, 2.45) is 0 Å². The van der Waals surface area contributed by atoms with Crippen LogP contribution in [0.1, 0.15) is 22.3 Å². The van der Waals surface area contributed by atoms with Crippen LogP contribution in [0.4, 0.5) is 26.3 Å². The Kier molecular flexibility index (Phi) is 8.54. The van der Waals surface area contributed by atoms with Crippen molar-refractivity contribution < 1.29 is 26.3 Å². The van der Waals surface area contributed by atoms with Gasteiger partial charge in [0.1, 0.15) is 0 Å². The molecule has 60 heavy (non-hydrogen) atoms. The van der Waals surface area contributed by atoms with Crippen LogP contribution in [0, 0.1) is 13.8 Å². The van der Waals surface area contributed by atoms with Crippen LogP contribution < -0.4 is 0 Å². The lowest BCUT2D eigenvalue weighted by Gasteiger charge is -2.20. The van der Waals surface area contributed by atoms with E-state index in [2.05, 4.69) is 12.1 Å². The van der Waals surface area contributed by atoms with Crippen LogP contribution in [0.15, 0.2) is 170 Å². The Bertz CT molecular complexity index is 3100. The molecule has 0 N–H and O–H groups in total. The van der Waals surface area contributed by atoms with E-state index in [1.807, 2.05) is 111 Å². The number of para-hydroxylation sites is 2. The summed E-state index contributed by atoms with van der Waals surface area (Å²) in [6, 6.07) is 49.8. The fourth-order valence-corrected chi connectivity index (χ4v) is 8.75.